The second-order valence-corrected chi connectivity index (χ2v) is 3.53. The molecule has 4 atom stereocenters. The largest absolute Gasteiger partial charge is 0.394 e. The highest BCUT2D eigenvalue weighted by Crippen LogP contribution is 2.28. The van der Waals surface area contributed by atoms with Crippen molar-refractivity contribution in [1.82, 2.24) is 0 Å². The Balaban J connectivity index is 2.69. The van der Waals surface area contributed by atoms with Gasteiger partial charge in [-0.1, -0.05) is 0 Å². The molecule has 0 radical (unpaired) electrons. The Hall–Kier alpha value is -0.200. The van der Waals surface area contributed by atoms with Gasteiger partial charge in [-0.05, 0) is 6.92 Å². The molecule has 1 aliphatic rings. The monoisotopic (exact) mass is 192 g/mol. The topological polar surface area (TPSA) is 79.2 Å². The first-order valence-electron chi connectivity index (χ1n) is 4.21. The van der Waals surface area contributed by atoms with Gasteiger partial charge < -0.3 is 24.8 Å². The van der Waals surface area contributed by atoms with Crippen LogP contribution < -0.4 is 0 Å². The third-order valence-electron chi connectivity index (χ3n) is 2.34. The molecule has 1 rings (SSSR count). The smallest absolute Gasteiger partial charge is 0.160 e. The molecule has 0 bridgehead atoms. The Morgan fingerprint density at radius 3 is 2.69 bits per heavy atom. The lowest BCUT2D eigenvalue weighted by atomic mass is 9.88. The van der Waals surface area contributed by atoms with E-state index in [-0.39, 0.29) is 13.0 Å². The fraction of sp³-hybridized carbons (Fsp3) is 1.00. The molecule has 0 aromatic carbocycles. The highest BCUT2D eigenvalue weighted by Gasteiger charge is 2.44. The first-order chi connectivity index (χ1) is 6.01. The van der Waals surface area contributed by atoms with E-state index in [0.29, 0.717) is 0 Å². The summed E-state index contributed by atoms with van der Waals surface area (Å²) in [5.41, 5.74) is -1.27. The lowest BCUT2D eigenvalue weighted by Gasteiger charge is -2.41. The molecule has 0 amide bonds. The number of rotatable bonds is 2. The van der Waals surface area contributed by atoms with Crippen molar-refractivity contribution in [2.45, 2.75) is 37.4 Å². The zero-order valence-electron chi connectivity index (χ0n) is 7.80. The van der Waals surface area contributed by atoms with Gasteiger partial charge in [-0.3, -0.25) is 0 Å². The van der Waals surface area contributed by atoms with Crippen LogP contribution in [0.1, 0.15) is 13.3 Å². The van der Waals surface area contributed by atoms with Crippen molar-refractivity contribution >= 4 is 0 Å². The van der Waals surface area contributed by atoms with Crippen molar-refractivity contribution in [3.8, 4) is 0 Å². The van der Waals surface area contributed by atoms with Crippen LogP contribution in [-0.4, -0.2) is 53.1 Å². The molecule has 0 aliphatic carbocycles. The molecule has 0 spiro atoms. The summed E-state index contributed by atoms with van der Waals surface area (Å²) in [6.07, 6.45) is -2.24. The standard InChI is InChI=1S/C8H16O5/c1-8(11)3-6(12-2)13-5(4-9)7(8)10/h5-7,9-11H,3-4H2,1-2H3. The van der Waals surface area contributed by atoms with Crippen LogP contribution in [0.4, 0.5) is 0 Å². The van der Waals surface area contributed by atoms with Crippen molar-refractivity contribution in [3.63, 3.8) is 0 Å². The molecule has 0 aromatic heterocycles. The predicted octanol–water partition coefficient (Wildman–Crippen LogP) is -1.15. The molecule has 78 valence electrons. The summed E-state index contributed by atoms with van der Waals surface area (Å²) in [5, 5.41) is 28.1. The third-order valence-corrected chi connectivity index (χ3v) is 2.34. The average molecular weight is 192 g/mol. The van der Waals surface area contributed by atoms with E-state index in [0.717, 1.165) is 0 Å². The second-order valence-electron chi connectivity index (χ2n) is 3.53. The number of ether oxygens (including phenoxy) is 2. The Labute approximate surface area is 76.9 Å². The predicted molar refractivity (Wildman–Crippen MR) is 44.0 cm³/mol. The summed E-state index contributed by atoms with van der Waals surface area (Å²) < 4.78 is 10.1. The molecule has 1 heterocycles. The van der Waals surface area contributed by atoms with Crippen LogP contribution in [0.2, 0.25) is 0 Å². The molecule has 0 aromatic rings. The van der Waals surface area contributed by atoms with E-state index in [4.69, 9.17) is 14.6 Å². The van der Waals surface area contributed by atoms with Gasteiger partial charge in [0.25, 0.3) is 0 Å². The minimum atomic E-state index is -1.27. The SMILES string of the molecule is COC1CC(C)(O)C(O)C(CO)O1. The van der Waals surface area contributed by atoms with E-state index in [1.807, 2.05) is 0 Å². The minimum Gasteiger partial charge on any atom is -0.394 e. The van der Waals surface area contributed by atoms with Gasteiger partial charge in [0.05, 0.1) is 12.2 Å². The summed E-state index contributed by atoms with van der Waals surface area (Å²) in [4.78, 5) is 0. The van der Waals surface area contributed by atoms with Crippen LogP contribution in [0.15, 0.2) is 0 Å². The first-order valence-corrected chi connectivity index (χ1v) is 4.21. The van der Waals surface area contributed by atoms with Crippen molar-refractivity contribution in [3.05, 3.63) is 0 Å². The molecule has 0 saturated carbocycles. The fourth-order valence-electron chi connectivity index (χ4n) is 1.46. The van der Waals surface area contributed by atoms with E-state index in [1.165, 1.54) is 14.0 Å². The molecule has 5 heteroatoms. The van der Waals surface area contributed by atoms with Crippen LogP contribution >= 0.6 is 0 Å². The Kier molecular flexibility index (Phi) is 3.26. The van der Waals surface area contributed by atoms with Crippen molar-refractivity contribution < 1.29 is 24.8 Å². The highest BCUT2D eigenvalue weighted by atomic mass is 16.7. The van der Waals surface area contributed by atoms with E-state index in [9.17, 15) is 10.2 Å². The van der Waals surface area contributed by atoms with Gasteiger partial charge in [0.2, 0.25) is 0 Å². The maximum absolute atomic E-state index is 9.72. The van der Waals surface area contributed by atoms with Crippen molar-refractivity contribution in [2.24, 2.45) is 0 Å². The van der Waals surface area contributed by atoms with Crippen LogP contribution in [0.5, 0.6) is 0 Å². The Bertz CT molecular complexity index is 170. The van der Waals surface area contributed by atoms with Crippen molar-refractivity contribution in [2.75, 3.05) is 13.7 Å². The summed E-state index contributed by atoms with van der Waals surface area (Å²) in [5.74, 6) is 0. The lowest BCUT2D eigenvalue weighted by Crippen LogP contribution is -2.57. The fourth-order valence-corrected chi connectivity index (χ4v) is 1.46. The number of methoxy groups -OCH3 is 1. The third kappa shape index (κ3) is 2.18. The number of hydrogen-bond donors (Lipinski definition) is 3. The Morgan fingerprint density at radius 2 is 2.23 bits per heavy atom. The summed E-state index contributed by atoms with van der Waals surface area (Å²) in [6, 6.07) is 0. The second kappa shape index (κ2) is 3.89. The Morgan fingerprint density at radius 1 is 1.62 bits per heavy atom. The molecular weight excluding hydrogens is 176 g/mol. The van der Waals surface area contributed by atoms with Gasteiger partial charge in [0, 0.05) is 13.5 Å². The van der Waals surface area contributed by atoms with Crippen LogP contribution in [0.25, 0.3) is 0 Å². The lowest BCUT2D eigenvalue weighted by molar-refractivity contribution is -0.275. The van der Waals surface area contributed by atoms with Gasteiger partial charge in [0.1, 0.15) is 12.2 Å². The molecular formula is C8H16O5. The molecule has 13 heavy (non-hydrogen) atoms. The summed E-state index contributed by atoms with van der Waals surface area (Å²) >= 11 is 0. The summed E-state index contributed by atoms with van der Waals surface area (Å²) in [6.45, 7) is 1.16. The van der Waals surface area contributed by atoms with Gasteiger partial charge in [0.15, 0.2) is 6.29 Å². The number of aliphatic hydroxyl groups excluding tert-OH is 2. The van der Waals surface area contributed by atoms with Gasteiger partial charge in [-0.15, -0.1) is 0 Å². The maximum atomic E-state index is 9.72. The van der Waals surface area contributed by atoms with Gasteiger partial charge >= 0.3 is 0 Å². The van der Waals surface area contributed by atoms with Crippen LogP contribution in [0, 0.1) is 0 Å². The molecule has 1 saturated heterocycles. The van der Waals surface area contributed by atoms with E-state index in [2.05, 4.69) is 0 Å². The first kappa shape index (κ1) is 10.9. The van der Waals surface area contributed by atoms with Crippen LogP contribution in [0.3, 0.4) is 0 Å². The molecule has 3 N–H and O–H groups in total. The highest BCUT2D eigenvalue weighted by molar-refractivity contribution is 4.92. The van der Waals surface area contributed by atoms with Crippen molar-refractivity contribution in [1.29, 1.82) is 0 Å². The van der Waals surface area contributed by atoms with E-state index in [1.54, 1.807) is 0 Å². The van der Waals surface area contributed by atoms with E-state index < -0.39 is 24.1 Å². The number of aliphatic hydroxyl groups is 3. The number of hydrogen-bond acceptors (Lipinski definition) is 5. The molecule has 5 nitrogen and oxygen atoms in total. The summed E-state index contributed by atoms with van der Waals surface area (Å²) in [7, 11) is 1.45. The zero-order valence-corrected chi connectivity index (χ0v) is 7.80. The maximum Gasteiger partial charge on any atom is 0.160 e. The van der Waals surface area contributed by atoms with Gasteiger partial charge in [-0.2, -0.15) is 0 Å². The van der Waals surface area contributed by atoms with Crippen LogP contribution in [-0.2, 0) is 9.47 Å². The average Bonchev–Trinajstić information content (AvgIpc) is 2.09. The molecule has 1 fully saturated rings. The van der Waals surface area contributed by atoms with Gasteiger partial charge in [-0.25, -0.2) is 0 Å². The normalized spacial score (nSPS) is 46.4. The quantitative estimate of drug-likeness (QED) is 0.515. The molecule has 1 aliphatic heterocycles. The van der Waals surface area contributed by atoms with E-state index >= 15 is 0 Å². The minimum absolute atomic E-state index is 0.196. The zero-order chi connectivity index (χ0) is 10.1. The molecule has 4 unspecified atom stereocenters.